The second kappa shape index (κ2) is 6.96. The van der Waals surface area contributed by atoms with Crippen molar-refractivity contribution in [1.29, 1.82) is 0 Å². The number of carbonyl (C=O) groups excluding carboxylic acids is 1. The van der Waals surface area contributed by atoms with Gasteiger partial charge in [0.05, 0.1) is 5.56 Å². The molecule has 4 heteroatoms. The fraction of sp³-hybridized carbons (Fsp3) is 0.100. The normalized spacial score (nSPS) is 10.5. The van der Waals surface area contributed by atoms with Crippen LogP contribution in [-0.4, -0.2) is 23.5 Å². The Morgan fingerprint density at radius 1 is 0.833 bits per heavy atom. The van der Waals surface area contributed by atoms with Gasteiger partial charge in [0.1, 0.15) is 0 Å². The van der Waals surface area contributed by atoms with Crippen LogP contribution in [0.4, 0.5) is 0 Å². The van der Waals surface area contributed by atoms with E-state index in [1.165, 1.54) is 6.07 Å². The number of aromatic carboxylic acids is 1. The highest BCUT2D eigenvalue weighted by atomic mass is 16.4. The lowest BCUT2D eigenvalue weighted by molar-refractivity contribution is 0.0699. The molecule has 1 amide bonds. The lowest BCUT2D eigenvalue weighted by Crippen LogP contribution is -2.26. The topological polar surface area (TPSA) is 66.4 Å². The van der Waals surface area contributed by atoms with E-state index in [2.05, 4.69) is 5.32 Å². The summed E-state index contributed by atoms with van der Waals surface area (Å²) in [4.78, 5) is 24.0. The minimum atomic E-state index is -1.04. The minimum Gasteiger partial charge on any atom is -0.478 e. The van der Waals surface area contributed by atoms with E-state index in [0.29, 0.717) is 17.5 Å². The van der Waals surface area contributed by atoms with Crippen LogP contribution in [0.5, 0.6) is 0 Å². The van der Waals surface area contributed by atoms with Gasteiger partial charge in [0.25, 0.3) is 5.91 Å². The molecule has 0 saturated heterocycles. The van der Waals surface area contributed by atoms with Crippen molar-refractivity contribution in [1.82, 2.24) is 5.32 Å². The van der Waals surface area contributed by atoms with Crippen LogP contribution in [0.15, 0.2) is 66.7 Å². The summed E-state index contributed by atoms with van der Waals surface area (Å²) < 4.78 is 0. The van der Waals surface area contributed by atoms with Crippen molar-refractivity contribution in [2.45, 2.75) is 6.42 Å². The van der Waals surface area contributed by atoms with Crippen LogP contribution >= 0.6 is 0 Å². The Labute approximate surface area is 139 Å². The van der Waals surface area contributed by atoms with E-state index in [4.69, 9.17) is 0 Å². The average molecular weight is 319 g/mol. The highest BCUT2D eigenvalue weighted by Gasteiger charge is 2.16. The maximum atomic E-state index is 12.5. The van der Waals surface area contributed by atoms with Crippen LogP contribution in [0, 0.1) is 0 Å². The molecule has 0 bridgehead atoms. The van der Waals surface area contributed by atoms with E-state index in [1.54, 1.807) is 18.2 Å². The summed E-state index contributed by atoms with van der Waals surface area (Å²) in [5.74, 6) is -1.30. The number of carbonyl (C=O) groups is 2. The molecule has 3 aromatic rings. The third-order valence-electron chi connectivity index (χ3n) is 3.92. The molecule has 4 nitrogen and oxygen atoms in total. The molecule has 0 aliphatic rings. The van der Waals surface area contributed by atoms with Crippen molar-refractivity contribution in [2.24, 2.45) is 0 Å². The first-order chi connectivity index (χ1) is 11.7. The number of hydrogen-bond donors (Lipinski definition) is 2. The quantitative estimate of drug-likeness (QED) is 0.756. The van der Waals surface area contributed by atoms with Gasteiger partial charge in [-0.1, -0.05) is 54.6 Å². The van der Waals surface area contributed by atoms with Gasteiger partial charge in [0, 0.05) is 17.5 Å². The molecule has 3 aromatic carbocycles. The van der Waals surface area contributed by atoms with E-state index in [1.807, 2.05) is 42.5 Å². The monoisotopic (exact) mass is 319 g/mol. The zero-order valence-electron chi connectivity index (χ0n) is 13.0. The highest BCUT2D eigenvalue weighted by Crippen LogP contribution is 2.23. The first-order valence-electron chi connectivity index (χ1n) is 7.74. The summed E-state index contributed by atoms with van der Waals surface area (Å²) in [5, 5.41) is 13.5. The number of fused-ring (bicyclic) bond motifs is 1. The van der Waals surface area contributed by atoms with Crippen molar-refractivity contribution in [3.63, 3.8) is 0 Å². The Morgan fingerprint density at radius 2 is 1.50 bits per heavy atom. The molecule has 0 heterocycles. The molecule has 0 aromatic heterocycles. The van der Waals surface area contributed by atoms with E-state index in [9.17, 15) is 14.7 Å². The van der Waals surface area contributed by atoms with Gasteiger partial charge in [0.15, 0.2) is 0 Å². The molecule has 0 unspecified atom stereocenters. The van der Waals surface area contributed by atoms with Crippen molar-refractivity contribution >= 4 is 22.6 Å². The molecule has 0 aliphatic heterocycles. The first-order valence-corrected chi connectivity index (χ1v) is 7.74. The third kappa shape index (κ3) is 3.27. The van der Waals surface area contributed by atoms with E-state index in [0.717, 1.165) is 17.4 Å². The van der Waals surface area contributed by atoms with Crippen LogP contribution in [0.2, 0.25) is 0 Å². The maximum Gasteiger partial charge on any atom is 0.336 e. The lowest BCUT2D eigenvalue weighted by atomic mass is 9.98. The zero-order chi connectivity index (χ0) is 16.9. The Morgan fingerprint density at radius 3 is 2.17 bits per heavy atom. The largest absolute Gasteiger partial charge is 0.478 e. The number of amides is 1. The molecular formula is C20H17NO3. The van der Waals surface area contributed by atoms with E-state index < -0.39 is 5.97 Å². The highest BCUT2D eigenvalue weighted by molar-refractivity contribution is 6.14. The van der Waals surface area contributed by atoms with E-state index in [-0.39, 0.29) is 11.5 Å². The summed E-state index contributed by atoms with van der Waals surface area (Å²) in [6.45, 7) is 0.495. The van der Waals surface area contributed by atoms with Gasteiger partial charge in [-0.3, -0.25) is 4.79 Å². The number of benzene rings is 3. The van der Waals surface area contributed by atoms with Crippen molar-refractivity contribution in [3.8, 4) is 0 Å². The predicted octanol–water partition coefficient (Wildman–Crippen LogP) is 3.51. The standard InChI is InChI=1S/C20H17NO3/c22-19(21-13-12-14-6-2-1-3-7-14)16-10-4-8-15-9-5-11-17(18(15)16)20(23)24/h1-11H,12-13H2,(H,21,22)(H,23,24). The van der Waals surface area contributed by atoms with Crippen molar-refractivity contribution in [2.75, 3.05) is 6.54 Å². The lowest BCUT2D eigenvalue weighted by Gasteiger charge is -2.10. The summed E-state index contributed by atoms with van der Waals surface area (Å²) in [5.41, 5.74) is 1.67. The molecule has 2 N–H and O–H groups in total. The maximum absolute atomic E-state index is 12.5. The van der Waals surface area contributed by atoms with Gasteiger partial charge >= 0.3 is 5.97 Å². The second-order valence-corrected chi connectivity index (χ2v) is 5.51. The number of hydrogen-bond acceptors (Lipinski definition) is 2. The van der Waals surface area contributed by atoms with Crippen molar-refractivity contribution < 1.29 is 14.7 Å². The second-order valence-electron chi connectivity index (χ2n) is 5.51. The number of carboxylic acid groups (broad SMARTS) is 1. The van der Waals surface area contributed by atoms with Crippen LogP contribution in [0.3, 0.4) is 0 Å². The molecule has 0 saturated carbocycles. The fourth-order valence-electron chi connectivity index (χ4n) is 2.77. The SMILES string of the molecule is O=C(O)c1cccc2cccc(C(=O)NCCc3ccccc3)c12. The Balaban J connectivity index is 1.83. The number of carboxylic acids is 1. The van der Waals surface area contributed by atoms with Gasteiger partial charge in [-0.05, 0) is 29.5 Å². The minimum absolute atomic E-state index is 0.140. The van der Waals surface area contributed by atoms with E-state index >= 15 is 0 Å². The van der Waals surface area contributed by atoms with Gasteiger partial charge in [-0.2, -0.15) is 0 Å². The Kier molecular flexibility index (Phi) is 4.57. The molecule has 0 fully saturated rings. The summed E-state index contributed by atoms with van der Waals surface area (Å²) in [6, 6.07) is 20.1. The molecule has 24 heavy (non-hydrogen) atoms. The molecule has 3 rings (SSSR count). The summed E-state index contributed by atoms with van der Waals surface area (Å²) >= 11 is 0. The van der Waals surface area contributed by atoms with Gasteiger partial charge < -0.3 is 10.4 Å². The van der Waals surface area contributed by atoms with Gasteiger partial charge in [-0.15, -0.1) is 0 Å². The van der Waals surface area contributed by atoms with Gasteiger partial charge in [-0.25, -0.2) is 4.79 Å². The zero-order valence-corrected chi connectivity index (χ0v) is 13.0. The Hall–Kier alpha value is -3.14. The molecule has 0 atom stereocenters. The molecule has 0 radical (unpaired) electrons. The van der Waals surface area contributed by atoms with Crippen LogP contribution < -0.4 is 5.32 Å². The number of nitrogens with one attached hydrogen (secondary N) is 1. The predicted molar refractivity (Wildman–Crippen MR) is 93.4 cm³/mol. The Bertz CT molecular complexity index is 883. The van der Waals surface area contributed by atoms with Crippen molar-refractivity contribution in [3.05, 3.63) is 83.4 Å². The van der Waals surface area contributed by atoms with Crippen LogP contribution in [0.1, 0.15) is 26.3 Å². The average Bonchev–Trinajstić information content (AvgIpc) is 2.61. The molecular weight excluding hydrogens is 302 g/mol. The number of rotatable bonds is 5. The van der Waals surface area contributed by atoms with Crippen LogP contribution in [-0.2, 0) is 6.42 Å². The van der Waals surface area contributed by atoms with Gasteiger partial charge in [0.2, 0.25) is 0 Å². The molecule has 0 aliphatic carbocycles. The third-order valence-corrected chi connectivity index (χ3v) is 3.92. The van der Waals surface area contributed by atoms with Crippen LogP contribution in [0.25, 0.3) is 10.8 Å². The fourth-order valence-corrected chi connectivity index (χ4v) is 2.77. The summed E-state index contributed by atoms with van der Waals surface area (Å²) in [6.07, 6.45) is 0.725. The molecule has 120 valence electrons. The molecule has 0 spiro atoms. The smallest absolute Gasteiger partial charge is 0.336 e. The first kappa shape index (κ1) is 15.7. The summed E-state index contributed by atoms with van der Waals surface area (Å²) in [7, 11) is 0.